The van der Waals surface area contributed by atoms with Crippen LogP contribution in [0.25, 0.3) is 0 Å². The summed E-state index contributed by atoms with van der Waals surface area (Å²) in [5.74, 6) is 1.83. The van der Waals surface area contributed by atoms with Crippen LogP contribution in [0.3, 0.4) is 0 Å². The highest BCUT2D eigenvalue weighted by atomic mass is 127. The zero-order chi connectivity index (χ0) is 13.1. The van der Waals surface area contributed by atoms with E-state index in [0.717, 1.165) is 24.8 Å². The number of benzene rings is 1. The monoisotopic (exact) mass is 395 g/mol. The molecule has 0 spiro atoms. The van der Waals surface area contributed by atoms with E-state index in [9.17, 15) is 0 Å². The number of thioether (sulfide) groups is 1. The summed E-state index contributed by atoms with van der Waals surface area (Å²) < 4.78 is 4.97. The fourth-order valence-electron chi connectivity index (χ4n) is 1.35. The summed E-state index contributed by atoms with van der Waals surface area (Å²) in [6.45, 7) is 2.33. The quantitative estimate of drug-likeness (QED) is 0.244. The summed E-state index contributed by atoms with van der Waals surface area (Å²) in [5, 5.41) is 6.43. The Morgan fingerprint density at radius 1 is 1.21 bits per heavy atom. The van der Waals surface area contributed by atoms with Crippen molar-refractivity contribution in [1.29, 1.82) is 0 Å². The van der Waals surface area contributed by atoms with Crippen molar-refractivity contribution in [3.63, 3.8) is 0 Å². The maximum Gasteiger partial charge on any atom is 0.191 e. The van der Waals surface area contributed by atoms with Gasteiger partial charge in [-0.2, -0.15) is 0 Å². The third kappa shape index (κ3) is 9.12. The lowest BCUT2D eigenvalue weighted by Gasteiger charge is -2.11. The van der Waals surface area contributed by atoms with Gasteiger partial charge in [0.05, 0.1) is 6.61 Å². The third-order valence-electron chi connectivity index (χ3n) is 2.23. The largest absolute Gasteiger partial charge is 0.383 e. The lowest BCUT2D eigenvalue weighted by Crippen LogP contribution is -2.39. The lowest BCUT2D eigenvalue weighted by molar-refractivity contribution is 0.203. The second-order valence-electron chi connectivity index (χ2n) is 3.58. The van der Waals surface area contributed by atoms with E-state index in [0.29, 0.717) is 6.61 Å². The molecular formula is C13H22IN3OS. The van der Waals surface area contributed by atoms with Crippen LogP contribution in [0.1, 0.15) is 0 Å². The molecule has 19 heavy (non-hydrogen) atoms. The van der Waals surface area contributed by atoms with Crippen LogP contribution < -0.4 is 10.6 Å². The van der Waals surface area contributed by atoms with Gasteiger partial charge < -0.3 is 15.4 Å². The van der Waals surface area contributed by atoms with Gasteiger partial charge in [-0.25, -0.2) is 0 Å². The molecule has 0 aliphatic rings. The molecule has 108 valence electrons. The van der Waals surface area contributed by atoms with Crippen LogP contribution in [0.4, 0.5) is 0 Å². The molecule has 1 rings (SSSR count). The Morgan fingerprint density at radius 2 is 1.89 bits per heavy atom. The predicted molar refractivity (Wildman–Crippen MR) is 93.8 cm³/mol. The van der Waals surface area contributed by atoms with Crippen molar-refractivity contribution in [3.8, 4) is 0 Å². The van der Waals surface area contributed by atoms with E-state index < -0.39 is 0 Å². The molecular weight excluding hydrogens is 373 g/mol. The van der Waals surface area contributed by atoms with Gasteiger partial charge in [-0.1, -0.05) is 18.2 Å². The molecule has 0 heterocycles. The Kier molecular flexibility index (Phi) is 12.2. The molecule has 0 fully saturated rings. The maximum absolute atomic E-state index is 4.97. The Bertz CT molecular complexity index is 349. The Hall–Kier alpha value is -0.470. The van der Waals surface area contributed by atoms with Crippen LogP contribution in [0.2, 0.25) is 0 Å². The fraction of sp³-hybridized carbons (Fsp3) is 0.462. The fourth-order valence-corrected chi connectivity index (χ4v) is 2.14. The molecule has 2 N–H and O–H groups in total. The number of hydrogen-bond donors (Lipinski definition) is 2. The summed E-state index contributed by atoms with van der Waals surface area (Å²) >= 11 is 1.83. The van der Waals surface area contributed by atoms with E-state index in [2.05, 4.69) is 39.9 Å². The van der Waals surface area contributed by atoms with Gasteiger partial charge in [0.2, 0.25) is 0 Å². The number of methoxy groups -OCH3 is 1. The Balaban J connectivity index is 0.00000324. The average molecular weight is 395 g/mol. The minimum Gasteiger partial charge on any atom is -0.383 e. The molecule has 0 aromatic heterocycles. The molecule has 0 saturated heterocycles. The SMILES string of the molecule is CN=C(NCCOC)NCCSc1ccccc1.I. The minimum atomic E-state index is 0. The van der Waals surface area contributed by atoms with Crippen molar-refractivity contribution in [2.45, 2.75) is 4.90 Å². The van der Waals surface area contributed by atoms with Crippen LogP contribution >= 0.6 is 35.7 Å². The van der Waals surface area contributed by atoms with Crippen molar-refractivity contribution in [3.05, 3.63) is 30.3 Å². The zero-order valence-electron chi connectivity index (χ0n) is 11.4. The summed E-state index contributed by atoms with van der Waals surface area (Å²) in [4.78, 5) is 5.43. The van der Waals surface area contributed by atoms with Gasteiger partial charge >= 0.3 is 0 Å². The van der Waals surface area contributed by atoms with Gasteiger partial charge in [-0.15, -0.1) is 35.7 Å². The highest BCUT2D eigenvalue weighted by Gasteiger charge is 1.96. The number of ether oxygens (including phenoxy) is 1. The first kappa shape index (κ1) is 18.5. The molecule has 0 aliphatic heterocycles. The van der Waals surface area contributed by atoms with Crippen LogP contribution in [0.15, 0.2) is 40.2 Å². The smallest absolute Gasteiger partial charge is 0.191 e. The van der Waals surface area contributed by atoms with Gasteiger partial charge in [-0.05, 0) is 12.1 Å². The molecule has 0 amide bonds. The number of nitrogens with one attached hydrogen (secondary N) is 2. The van der Waals surface area contributed by atoms with Crippen molar-refractivity contribution < 1.29 is 4.74 Å². The number of nitrogens with zero attached hydrogens (tertiary/aromatic N) is 1. The van der Waals surface area contributed by atoms with E-state index in [1.165, 1.54) is 4.90 Å². The normalized spacial score (nSPS) is 10.7. The average Bonchev–Trinajstić information content (AvgIpc) is 2.43. The second-order valence-corrected chi connectivity index (χ2v) is 4.75. The molecule has 0 aliphatic carbocycles. The first-order valence-electron chi connectivity index (χ1n) is 5.98. The van der Waals surface area contributed by atoms with E-state index in [-0.39, 0.29) is 24.0 Å². The maximum atomic E-state index is 4.97. The summed E-state index contributed by atoms with van der Waals surface area (Å²) in [6, 6.07) is 10.4. The molecule has 0 bridgehead atoms. The highest BCUT2D eigenvalue weighted by molar-refractivity contribution is 14.0. The highest BCUT2D eigenvalue weighted by Crippen LogP contribution is 2.15. The molecule has 0 saturated carbocycles. The predicted octanol–water partition coefficient (Wildman–Crippen LogP) is 2.21. The van der Waals surface area contributed by atoms with Crippen LogP contribution in [-0.2, 0) is 4.74 Å². The topological polar surface area (TPSA) is 45.7 Å². The van der Waals surface area contributed by atoms with Gasteiger partial charge in [0.25, 0.3) is 0 Å². The zero-order valence-corrected chi connectivity index (χ0v) is 14.5. The molecule has 0 radical (unpaired) electrons. The van der Waals surface area contributed by atoms with Gasteiger partial charge in [0.15, 0.2) is 5.96 Å². The summed E-state index contributed by atoms with van der Waals surface area (Å²) in [5.41, 5.74) is 0. The van der Waals surface area contributed by atoms with Gasteiger partial charge in [-0.3, -0.25) is 4.99 Å². The summed E-state index contributed by atoms with van der Waals surface area (Å²) in [7, 11) is 3.46. The van der Waals surface area contributed by atoms with E-state index in [1.807, 2.05) is 17.8 Å². The van der Waals surface area contributed by atoms with E-state index in [1.54, 1.807) is 14.2 Å². The Morgan fingerprint density at radius 3 is 2.53 bits per heavy atom. The molecule has 6 heteroatoms. The minimum absolute atomic E-state index is 0. The number of rotatable bonds is 7. The number of hydrogen-bond acceptors (Lipinski definition) is 3. The van der Waals surface area contributed by atoms with Crippen molar-refractivity contribution in [1.82, 2.24) is 10.6 Å². The molecule has 1 aromatic rings. The van der Waals surface area contributed by atoms with Crippen LogP contribution in [0, 0.1) is 0 Å². The van der Waals surface area contributed by atoms with E-state index >= 15 is 0 Å². The number of guanidine groups is 1. The molecule has 0 atom stereocenters. The van der Waals surface area contributed by atoms with Gasteiger partial charge in [0.1, 0.15) is 0 Å². The van der Waals surface area contributed by atoms with Crippen molar-refractivity contribution in [2.75, 3.05) is 39.6 Å². The first-order valence-corrected chi connectivity index (χ1v) is 6.96. The lowest BCUT2D eigenvalue weighted by atomic mass is 10.4. The Labute approximate surface area is 136 Å². The molecule has 4 nitrogen and oxygen atoms in total. The molecule has 0 unspecified atom stereocenters. The summed E-state index contributed by atoms with van der Waals surface area (Å²) in [6.07, 6.45) is 0. The van der Waals surface area contributed by atoms with Gasteiger partial charge in [0, 0.05) is 37.9 Å². The number of aliphatic imine (C=N–C) groups is 1. The second kappa shape index (κ2) is 12.6. The van der Waals surface area contributed by atoms with Crippen LogP contribution in [0.5, 0.6) is 0 Å². The first-order chi connectivity index (χ1) is 8.86. The third-order valence-corrected chi connectivity index (χ3v) is 3.24. The van der Waals surface area contributed by atoms with Crippen molar-refractivity contribution >= 4 is 41.7 Å². The van der Waals surface area contributed by atoms with E-state index in [4.69, 9.17) is 4.74 Å². The standard InChI is InChI=1S/C13H21N3OS.HI/c1-14-13(15-8-10-17-2)16-9-11-18-12-6-4-3-5-7-12;/h3-7H,8-11H2,1-2H3,(H2,14,15,16);1H. The van der Waals surface area contributed by atoms with Crippen molar-refractivity contribution in [2.24, 2.45) is 4.99 Å². The molecule has 1 aromatic carbocycles. The number of halogens is 1. The van der Waals surface area contributed by atoms with Crippen LogP contribution in [-0.4, -0.2) is 45.6 Å².